The van der Waals surface area contributed by atoms with Crippen molar-refractivity contribution in [3.05, 3.63) is 102 Å². The van der Waals surface area contributed by atoms with Crippen molar-refractivity contribution in [1.29, 1.82) is 0 Å². The Hall–Kier alpha value is -3.80. The summed E-state index contributed by atoms with van der Waals surface area (Å²) in [6, 6.07) is 23.2. The summed E-state index contributed by atoms with van der Waals surface area (Å²) < 4.78 is 5.71. The van der Waals surface area contributed by atoms with E-state index in [4.69, 9.17) is 4.42 Å². The van der Waals surface area contributed by atoms with Crippen LogP contribution in [-0.2, 0) is 11.2 Å². The first-order valence-electron chi connectivity index (χ1n) is 9.91. The fourth-order valence-corrected chi connectivity index (χ4v) is 3.25. The molecule has 1 atom stereocenters. The van der Waals surface area contributed by atoms with Gasteiger partial charge < -0.3 is 9.73 Å². The normalized spacial score (nSPS) is 11.7. The van der Waals surface area contributed by atoms with E-state index in [-0.39, 0.29) is 11.9 Å². The van der Waals surface area contributed by atoms with Gasteiger partial charge in [0, 0.05) is 30.8 Å². The Kier molecular flexibility index (Phi) is 6.25. The molecule has 0 bridgehead atoms. The lowest BCUT2D eigenvalue weighted by atomic mass is 9.99. The third-order valence-corrected chi connectivity index (χ3v) is 4.76. The van der Waals surface area contributed by atoms with Crippen molar-refractivity contribution in [2.45, 2.75) is 25.3 Å². The van der Waals surface area contributed by atoms with Gasteiger partial charge in [-0.2, -0.15) is 0 Å². The maximum absolute atomic E-state index is 12.6. The molecule has 4 aromatic rings. The zero-order valence-corrected chi connectivity index (χ0v) is 16.4. The van der Waals surface area contributed by atoms with Crippen molar-refractivity contribution in [2.75, 3.05) is 0 Å². The molecule has 30 heavy (non-hydrogen) atoms. The molecule has 2 heterocycles. The molecule has 0 aliphatic rings. The van der Waals surface area contributed by atoms with Crippen LogP contribution in [0.1, 0.15) is 35.9 Å². The highest BCUT2D eigenvalue weighted by Gasteiger charge is 2.17. The van der Waals surface area contributed by atoms with Crippen LogP contribution < -0.4 is 5.32 Å². The number of aromatic nitrogens is 3. The van der Waals surface area contributed by atoms with Crippen molar-refractivity contribution in [3.63, 3.8) is 0 Å². The lowest BCUT2D eigenvalue weighted by Crippen LogP contribution is -2.29. The number of hydrogen-bond donors (Lipinski definition) is 1. The largest absolute Gasteiger partial charge is 0.421 e. The maximum Gasteiger partial charge on any atom is 0.247 e. The zero-order valence-electron chi connectivity index (χ0n) is 16.4. The first-order valence-corrected chi connectivity index (χ1v) is 9.91. The maximum atomic E-state index is 12.6. The summed E-state index contributed by atoms with van der Waals surface area (Å²) in [6.45, 7) is 0. The lowest BCUT2D eigenvalue weighted by Gasteiger charge is -2.19. The Morgan fingerprint density at radius 2 is 1.53 bits per heavy atom. The van der Waals surface area contributed by atoms with Crippen LogP contribution in [0.3, 0.4) is 0 Å². The predicted octanol–water partition coefficient (Wildman–Crippen LogP) is 4.36. The van der Waals surface area contributed by atoms with Crippen LogP contribution in [0.15, 0.2) is 89.6 Å². The van der Waals surface area contributed by atoms with E-state index in [1.165, 1.54) is 0 Å². The van der Waals surface area contributed by atoms with Gasteiger partial charge in [-0.15, -0.1) is 10.2 Å². The van der Waals surface area contributed by atoms with E-state index in [0.717, 1.165) is 16.7 Å². The summed E-state index contributed by atoms with van der Waals surface area (Å²) in [7, 11) is 0. The minimum Gasteiger partial charge on any atom is -0.421 e. The molecule has 150 valence electrons. The van der Waals surface area contributed by atoms with Crippen molar-refractivity contribution in [1.82, 2.24) is 20.5 Å². The molecule has 0 radical (unpaired) electrons. The predicted molar refractivity (Wildman–Crippen MR) is 113 cm³/mol. The Morgan fingerprint density at radius 3 is 2.27 bits per heavy atom. The number of amides is 1. The highest BCUT2D eigenvalue weighted by molar-refractivity contribution is 5.77. The quantitative estimate of drug-likeness (QED) is 0.477. The van der Waals surface area contributed by atoms with Gasteiger partial charge in [0.15, 0.2) is 0 Å². The standard InChI is InChI=1S/C24H22N4O2/c29-21(12-7-13-22-27-28-24(30-22)20-10-5-2-6-11-20)26-23(18-8-3-1-4-9-18)19-14-16-25-17-15-19/h1-6,8-11,14-17,23H,7,12-13H2,(H,26,29). The molecule has 0 fully saturated rings. The van der Waals surface area contributed by atoms with Gasteiger partial charge in [-0.25, -0.2) is 0 Å². The van der Waals surface area contributed by atoms with Gasteiger partial charge in [0.25, 0.3) is 0 Å². The summed E-state index contributed by atoms with van der Waals surface area (Å²) in [6.07, 6.45) is 5.02. The van der Waals surface area contributed by atoms with Crippen molar-refractivity contribution < 1.29 is 9.21 Å². The molecule has 2 aromatic heterocycles. The number of nitrogens with zero attached hydrogens (tertiary/aromatic N) is 3. The molecular formula is C24H22N4O2. The summed E-state index contributed by atoms with van der Waals surface area (Å²) >= 11 is 0. The number of benzene rings is 2. The van der Waals surface area contributed by atoms with Crippen molar-refractivity contribution in [2.24, 2.45) is 0 Å². The van der Waals surface area contributed by atoms with E-state index in [1.807, 2.05) is 72.8 Å². The topological polar surface area (TPSA) is 80.9 Å². The molecular weight excluding hydrogens is 376 g/mol. The van der Waals surface area contributed by atoms with Gasteiger partial charge in [0.1, 0.15) is 0 Å². The van der Waals surface area contributed by atoms with Crippen molar-refractivity contribution in [3.8, 4) is 11.5 Å². The van der Waals surface area contributed by atoms with E-state index >= 15 is 0 Å². The van der Waals surface area contributed by atoms with Crippen molar-refractivity contribution >= 4 is 5.91 Å². The second kappa shape index (κ2) is 9.60. The van der Waals surface area contributed by atoms with E-state index in [9.17, 15) is 4.79 Å². The Bertz CT molecular complexity index is 1030. The number of aryl methyl sites for hydroxylation is 1. The minimum atomic E-state index is -0.213. The third-order valence-electron chi connectivity index (χ3n) is 4.76. The van der Waals surface area contributed by atoms with E-state index in [1.54, 1.807) is 12.4 Å². The molecule has 0 saturated carbocycles. The molecule has 2 aromatic carbocycles. The first-order chi connectivity index (χ1) is 14.8. The highest BCUT2D eigenvalue weighted by Crippen LogP contribution is 2.22. The van der Waals surface area contributed by atoms with Crippen LogP contribution >= 0.6 is 0 Å². The highest BCUT2D eigenvalue weighted by atomic mass is 16.4. The second-order valence-corrected chi connectivity index (χ2v) is 6.91. The number of rotatable bonds is 8. The average molecular weight is 398 g/mol. The first kappa shape index (κ1) is 19.5. The lowest BCUT2D eigenvalue weighted by molar-refractivity contribution is -0.121. The van der Waals surface area contributed by atoms with Crippen LogP contribution in [0.4, 0.5) is 0 Å². The van der Waals surface area contributed by atoms with Crippen LogP contribution in [0, 0.1) is 0 Å². The summed E-state index contributed by atoms with van der Waals surface area (Å²) in [4.78, 5) is 16.7. The smallest absolute Gasteiger partial charge is 0.247 e. The molecule has 4 rings (SSSR count). The number of nitrogens with one attached hydrogen (secondary N) is 1. The number of hydrogen-bond acceptors (Lipinski definition) is 5. The SMILES string of the molecule is O=C(CCCc1nnc(-c2ccccc2)o1)NC(c1ccccc1)c1ccncc1. The number of carbonyl (C=O) groups excluding carboxylic acids is 1. The fraction of sp³-hybridized carbons (Fsp3) is 0.167. The second-order valence-electron chi connectivity index (χ2n) is 6.91. The molecule has 1 amide bonds. The number of pyridine rings is 1. The molecule has 0 saturated heterocycles. The Morgan fingerprint density at radius 1 is 0.867 bits per heavy atom. The van der Waals surface area contributed by atoms with Crippen LogP contribution in [0.5, 0.6) is 0 Å². The molecule has 6 nitrogen and oxygen atoms in total. The molecule has 6 heteroatoms. The molecule has 0 aliphatic carbocycles. The van der Waals surface area contributed by atoms with Crippen LogP contribution in [-0.4, -0.2) is 21.1 Å². The summed E-state index contributed by atoms with van der Waals surface area (Å²) in [5.74, 6) is 1.01. The van der Waals surface area contributed by atoms with Gasteiger partial charge in [-0.3, -0.25) is 9.78 Å². The summed E-state index contributed by atoms with van der Waals surface area (Å²) in [5, 5.41) is 11.3. The van der Waals surface area contributed by atoms with E-state index in [2.05, 4.69) is 20.5 Å². The van der Waals surface area contributed by atoms with E-state index in [0.29, 0.717) is 31.0 Å². The number of carbonyl (C=O) groups is 1. The average Bonchev–Trinajstić information content (AvgIpc) is 3.28. The molecule has 0 aliphatic heterocycles. The molecule has 1 unspecified atom stereocenters. The van der Waals surface area contributed by atoms with Crippen LogP contribution in [0.25, 0.3) is 11.5 Å². The van der Waals surface area contributed by atoms with Gasteiger partial charge >= 0.3 is 0 Å². The Balaban J connectivity index is 1.35. The minimum absolute atomic E-state index is 0.0246. The molecule has 1 N–H and O–H groups in total. The zero-order chi connectivity index (χ0) is 20.6. The molecule has 0 spiro atoms. The van der Waals surface area contributed by atoms with Gasteiger partial charge in [-0.1, -0.05) is 48.5 Å². The summed E-state index contributed by atoms with van der Waals surface area (Å²) in [5.41, 5.74) is 2.91. The Labute approximate surface area is 175 Å². The van der Waals surface area contributed by atoms with Gasteiger partial charge in [-0.05, 0) is 41.8 Å². The third kappa shape index (κ3) is 4.97. The van der Waals surface area contributed by atoms with E-state index < -0.39 is 0 Å². The monoisotopic (exact) mass is 398 g/mol. The van der Waals surface area contributed by atoms with Crippen LogP contribution in [0.2, 0.25) is 0 Å². The van der Waals surface area contributed by atoms with Gasteiger partial charge in [0.05, 0.1) is 6.04 Å². The fourth-order valence-electron chi connectivity index (χ4n) is 3.25. The van der Waals surface area contributed by atoms with Gasteiger partial charge in [0.2, 0.25) is 17.7 Å².